The predicted octanol–water partition coefficient (Wildman–Crippen LogP) is 1.98. The lowest BCUT2D eigenvalue weighted by atomic mass is 9.95. The van der Waals surface area contributed by atoms with Crippen LogP contribution in [0.1, 0.15) is 42.2 Å². The number of aromatic nitrogens is 1. The van der Waals surface area contributed by atoms with Gasteiger partial charge < -0.3 is 14.2 Å². The van der Waals surface area contributed by atoms with Crippen LogP contribution in [0.15, 0.2) is 12.3 Å². The summed E-state index contributed by atoms with van der Waals surface area (Å²) in [5, 5.41) is 0. The largest absolute Gasteiger partial charge is 0.379 e. The predicted molar refractivity (Wildman–Crippen MR) is 73.2 cm³/mol. The molecule has 2 saturated heterocycles. The first-order chi connectivity index (χ1) is 9.18. The molecule has 1 spiro atoms. The van der Waals surface area contributed by atoms with E-state index < -0.39 is 0 Å². The van der Waals surface area contributed by atoms with Crippen molar-refractivity contribution in [2.45, 2.75) is 38.1 Å². The highest BCUT2D eigenvalue weighted by atomic mass is 16.5. The number of hydrogen-bond acceptors (Lipinski definition) is 2. The summed E-state index contributed by atoms with van der Waals surface area (Å²) >= 11 is 0. The second-order valence-electron chi connectivity index (χ2n) is 5.73. The average Bonchev–Trinajstić information content (AvgIpc) is 3.11. The van der Waals surface area contributed by atoms with Crippen LogP contribution in [0.4, 0.5) is 0 Å². The number of rotatable bonds is 2. The van der Waals surface area contributed by atoms with Crippen LogP contribution in [0.5, 0.6) is 0 Å². The zero-order valence-corrected chi connectivity index (χ0v) is 11.8. The number of nitrogens with zero attached hydrogens (tertiary/aromatic N) is 2. The highest BCUT2D eigenvalue weighted by molar-refractivity contribution is 5.96. The van der Waals surface area contributed by atoms with Crippen molar-refractivity contribution in [3.63, 3.8) is 0 Å². The molecule has 4 nitrogen and oxygen atoms in total. The first-order valence-electron chi connectivity index (χ1n) is 7.22. The Balaban J connectivity index is 1.91. The Bertz CT molecular complexity index is 481. The minimum atomic E-state index is -0.0159. The Kier molecular flexibility index (Phi) is 3.13. The number of likely N-dealkylation sites (tertiary alicyclic amines) is 1. The van der Waals surface area contributed by atoms with Gasteiger partial charge >= 0.3 is 0 Å². The van der Waals surface area contributed by atoms with E-state index in [9.17, 15) is 4.79 Å². The molecule has 1 aromatic rings. The van der Waals surface area contributed by atoms with E-state index in [1.54, 1.807) is 0 Å². The standard InChI is InChI=1S/C15H22N2O2/c1-3-13-12(5-9-16(13)2)14(18)17-8-4-6-15(17)7-10-19-11-15/h5,9H,3-4,6-8,10-11H2,1-2H3. The van der Waals surface area contributed by atoms with Crippen LogP contribution in [0.3, 0.4) is 0 Å². The fourth-order valence-electron chi connectivity index (χ4n) is 3.60. The summed E-state index contributed by atoms with van der Waals surface area (Å²) in [7, 11) is 2.01. The van der Waals surface area contributed by atoms with Crippen molar-refractivity contribution in [2.24, 2.45) is 7.05 Å². The number of hydrogen-bond donors (Lipinski definition) is 0. The zero-order valence-electron chi connectivity index (χ0n) is 11.8. The van der Waals surface area contributed by atoms with Crippen molar-refractivity contribution < 1.29 is 9.53 Å². The van der Waals surface area contributed by atoms with Gasteiger partial charge in [-0.3, -0.25) is 4.79 Å². The number of amides is 1. The molecule has 1 aromatic heterocycles. The molecule has 1 atom stereocenters. The molecule has 104 valence electrons. The number of carbonyl (C=O) groups excluding carboxylic acids is 1. The van der Waals surface area contributed by atoms with E-state index in [4.69, 9.17) is 4.74 Å². The van der Waals surface area contributed by atoms with Crippen LogP contribution in [0.25, 0.3) is 0 Å². The molecule has 0 aromatic carbocycles. The second-order valence-corrected chi connectivity index (χ2v) is 5.73. The van der Waals surface area contributed by atoms with Crippen LogP contribution in [-0.4, -0.2) is 40.7 Å². The lowest BCUT2D eigenvalue weighted by molar-refractivity contribution is 0.0549. The average molecular weight is 262 g/mol. The van der Waals surface area contributed by atoms with Gasteiger partial charge in [0.25, 0.3) is 5.91 Å². The van der Waals surface area contributed by atoms with Crippen molar-refractivity contribution in [3.8, 4) is 0 Å². The van der Waals surface area contributed by atoms with Gasteiger partial charge in [-0.05, 0) is 31.7 Å². The van der Waals surface area contributed by atoms with Crippen molar-refractivity contribution in [1.82, 2.24) is 9.47 Å². The van der Waals surface area contributed by atoms with Gasteiger partial charge in [-0.1, -0.05) is 6.92 Å². The Morgan fingerprint density at radius 3 is 3.00 bits per heavy atom. The fraction of sp³-hybridized carbons (Fsp3) is 0.667. The zero-order chi connectivity index (χ0) is 13.5. The van der Waals surface area contributed by atoms with E-state index in [1.807, 2.05) is 19.3 Å². The van der Waals surface area contributed by atoms with Crippen LogP contribution >= 0.6 is 0 Å². The highest BCUT2D eigenvalue weighted by Crippen LogP contribution is 2.37. The SMILES string of the molecule is CCc1c(C(=O)N2CCCC23CCOC3)ccn1C. The van der Waals surface area contributed by atoms with Crippen LogP contribution in [-0.2, 0) is 18.2 Å². The first-order valence-corrected chi connectivity index (χ1v) is 7.22. The van der Waals surface area contributed by atoms with Gasteiger partial charge in [0.2, 0.25) is 0 Å². The Labute approximate surface area is 114 Å². The van der Waals surface area contributed by atoms with Crippen molar-refractivity contribution in [2.75, 3.05) is 19.8 Å². The van der Waals surface area contributed by atoms with Gasteiger partial charge in [-0.25, -0.2) is 0 Å². The lowest BCUT2D eigenvalue weighted by Gasteiger charge is -2.33. The summed E-state index contributed by atoms with van der Waals surface area (Å²) in [5.74, 6) is 0.195. The van der Waals surface area contributed by atoms with E-state index >= 15 is 0 Å². The number of ether oxygens (including phenoxy) is 1. The van der Waals surface area contributed by atoms with Crippen molar-refractivity contribution in [1.29, 1.82) is 0 Å². The first kappa shape index (κ1) is 12.7. The molecule has 1 amide bonds. The molecular weight excluding hydrogens is 240 g/mol. The van der Waals surface area contributed by atoms with Gasteiger partial charge in [0.15, 0.2) is 0 Å². The molecule has 4 heteroatoms. The third-order valence-electron chi connectivity index (χ3n) is 4.69. The molecule has 0 saturated carbocycles. The van der Waals surface area contributed by atoms with Gasteiger partial charge in [0, 0.05) is 32.1 Å². The summed E-state index contributed by atoms with van der Waals surface area (Å²) in [4.78, 5) is 14.9. The lowest BCUT2D eigenvalue weighted by Crippen LogP contribution is -2.48. The van der Waals surface area contributed by atoms with E-state index in [0.29, 0.717) is 6.61 Å². The monoisotopic (exact) mass is 262 g/mol. The summed E-state index contributed by atoms with van der Waals surface area (Å²) in [6.07, 6.45) is 6.06. The minimum Gasteiger partial charge on any atom is -0.379 e. The topological polar surface area (TPSA) is 34.5 Å². The Hall–Kier alpha value is -1.29. The summed E-state index contributed by atoms with van der Waals surface area (Å²) in [6.45, 7) is 4.48. The van der Waals surface area contributed by atoms with Gasteiger partial charge in [0.05, 0.1) is 17.7 Å². The molecule has 0 N–H and O–H groups in total. The maximum absolute atomic E-state index is 12.9. The molecule has 3 heterocycles. The van der Waals surface area contributed by atoms with Gasteiger partial charge in [-0.2, -0.15) is 0 Å². The summed E-state index contributed by atoms with van der Waals surface area (Å²) < 4.78 is 7.62. The third-order valence-corrected chi connectivity index (χ3v) is 4.69. The summed E-state index contributed by atoms with van der Waals surface area (Å²) in [5.41, 5.74) is 1.99. The van der Waals surface area contributed by atoms with Crippen molar-refractivity contribution >= 4 is 5.91 Å². The smallest absolute Gasteiger partial charge is 0.256 e. The van der Waals surface area contributed by atoms with E-state index in [0.717, 1.165) is 50.1 Å². The summed E-state index contributed by atoms with van der Waals surface area (Å²) in [6, 6.07) is 1.96. The fourth-order valence-corrected chi connectivity index (χ4v) is 3.60. The Morgan fingerprint density at radius 2 is 2.32 bits per heavy atom. The number of aryl methyl sites for hydroxylation is 1. The van der Waals surface area contributed by atoms with Crippen LogP contribution in [0.2, 0.25) is 0 Å². The molecule has 2 fully saturated rings. The molecule has 19 heavy (non-hydrogen) atoms. The van der Waals surface area contributed by atoms with Gasteiger partial charge in [-0.15, -0.1) is 0 Å². The van der Waals surface area contributed by atoms with Crippen molar-refractivity contribution in [3.05, 3.63) is 23.5 Å². The molecule has 0 aliphatic carbocycles. The third kappa shape index (κ3) is 1.89. The maximum atomic E-state index is 12.9. The molecule has 1 unspecified atom stereocenters. The van der Waals surface area contributed by atoms with E-state index in [2.05, 4.69) is 16.4 Å². The van der Waals surface area contributed by atoms with E-state index in [1.165, 1.54) is 0 Å². The number of carbonyl (C=O) groups is 1. The van der Waals surface area contributed by atoms with Crippen LogP contribution in [0, 0.1) is 0 Å². The second kappa shape index (κ2) is 4.67. The molecule has 3 rings (SSSR count). The molecule has 0 bridgehead atoms. The molecule has 0 radical (unpaired) electrons. The maximum Gasteiger partial charge on any atom is 0.256 e. The molecule has 2 aliphatic heterocycles. The van der Waals surface area contributed by atoms with Crippen LogP contribution < -0.4 is 0 Å². The van der Waals surface area contributed by atoms with Gasteiger partial charge in [0.1, 0.15) is 0 Å². The molecule has 2 aliphatic rings. The normalized spacial score (nSPS) is 26.5. The highest BCUT2D eigenvalue weighted by Gasteiger charge is 2.46. The molecular formula is C15H22N2O2. The Morgan fingerprint density at radius 1 is 1.47 bits per heavy atom. The minimum absolute atomic E-state index is 0.0159. The quantitative estimate of drug-likeness (QED) is 0.817. The van der Waals surface area contributed by atoms with E-state index in [-0.39, 0.29) is 11.4 Å².